The summed E-state index contributed by atoms with van der Waals surface area (Å²) < 4.78 is 37.0. The fourth-order valence-corrected chi connectivity index (χ4v) is 1.59. The summed E-state index contributed by atoms with van der Waals surface area (Å²) in [5.74, 6) is 0. The predicted octanol–water partition coefficient (Wildman–Crippen LogP) is 4.30. The highest BCUT2D eigenvalue weighted by atomic mass is 19.4. The zero-order valence-corrected chi connectivity index (χ0v) is 9.04. The van der Waals surface area contributed by atoms with Crippen LogP contribution in [0.5, 0.6) is 0 Å². The SMILES string of the molecule is FC(F)(F)c1ccc(CC=C2C=CC=C2)cc1. The Morgan fingerprint density at radius 2 is 1.53 bits per heavy atom. The van der Waals surface area contributed by atoms with E-state index < -0.39 is 11.7 Å². The molecule has 0 spiro atoms. The van der Waals surface area contributed by atoms with E-state index in [0.717, 1.165) is 23.3 Å². The van der Waals surface area contributed by atoms with Crippen LogP contribution in [0.1, 0.15) is 11.1 Å². The Morgan fingerprint density at radius 3 is 2.06 bits per heavy atom. The van der Waals surface area contributed by atoms with Gasteiger partial charge in [-0.25, -0.2) is 0 Å². The summed E-state index contributed by atoms with van der Waals surface area (Å²) in [5.41, 5.74) is 1.36. The fraction of sp³-hybridized carbons (Fsp3) is 0.143. The summed E-state index contributed by atoms with van der Waals surface area (Å²) in [6.45, 7) is 0. The van der Waals surface area contributed by atoms with Crippen molar-refractivity contribution in [2.75, 3.05) is 0 Å². The summed E-state index contributed by atoms with van der Waals surface area (Å²) in [4.78, 5) is 0. The highest BCUT2D eigenvalue weighted by Crippen LogP contribution is 2.29. The third-order valence-corrected chi connectivity index (χ3v) is 2.54. The van der Waals surface area contributed by atoms with Gasteiger partial charge in [0, 0.05) is 0 Å². The summed E-state index contributed by atoms with van der Waals surface area (Å²) in [6, 6.07) is 5.27. The summed E-state index contributed by atoms with van der Waals surface area (Å²) in [5, 5.41) is 0. The van der Waals surface area contributed by atoms with Gasteiger partial charge >= 0.3 is 6.18 Å². The molecule has 1 aliphatic carbocycles. The van der Waals surface area contributed by atoms with Crippen LogP contribution in [-0.2, 0) is 12.6 Å². The van der Waals surface area contributed by atoms with Crippen LogP contribution in [0.4, 0.5) is 13.2 Å². The average Bonchev–Trinajstić information content (AvgIpc) is 2.78. The van der Waals surface area contributed by atoms with Gasteiger partial charge < -0.3 is 0 Å². The Morgan fingerprint density at radius 1 is 0.941 bits per heavy atom. The van der Waals surface area contributed by atoms with E-state index in [4.69, 9.17) is 0 Å². The highest BCUT2D eigenvalue weighted by Gasteiger charge is 2.29. The van der Waals surface area contributed by atoms with E-state index in [0.29, 0.717) is 6.42 Å². The van der Waals surface area contributed by atoms with E-state index in [-0.39, 0.29) is 0 Å². The van der Waals surface area contributed by atoms with Gasteiger partial charge in [-0.3, -0.25) is 0 Å². The molecule has 1 aromatic carbocycles. The Labute approximate surface area is 97.8 Å². The van der Waals surface area contributed by atoms with Crippen molar-refractivity contribution in [1.82, 2.24) is 0 Å². The molecule has 0 saturated carbocycles. The molecule has 88 valence electrons. The molecule has 0 atom stereocenters. The van der Waals surface area contributed by atoms with E-state index in [1.165, 1.54) is 12.1 Å². The first-order valence-electron chi connectivity index (χ1n) is 5.27. The van der Waals surface area contributed by atoms with Crippen molar-refractivity contribution in [2.24, 2.45) is 0 Å². The van der Waals surface area contributed by atoms with Gasteiger partial charge in [-0.1, -0.05) is 42.5 Å². The third kappa shape index (κ3) is 3.09. The third-order valence-electron chi connectivity index (χ3n) is 2.54. The fourth-order valence-electron chi connectivity index (χ4n) is 1.59. The molecule has 17 heavy (non-hydrogen) atoms. The van der Waals surface area contributed by atoms with Crippen LogP contribution in [0.3, 0.4) is 0 Å². The van der Waals surface area contributed by atoms with Crippen LogP contribution in [0.2, 0.25) is 0 Å². The second kappa shape index (κ2) is 4.62. The van der Waals surface area contributed by atoms with Crippen molar-refractivity contribution in [3.63, 3.8) is 0 Å². The molecule has 0 heterocycles. The van der Waals surface area contributed by atoms with Gasteiger partial charge in [-0.2, -0.15) is 13.2 Å². The lowest BCUT2D eigenvalue weighted by Crippen LogP contribution is -2.04. The van der Waals surface area contributed by atoms with Gasteiger partial charge in [-0.15, -0.1) is 0 Å². The molecule has 0 bridgehead atoms. The molecule has 0 N–H and O–H groups in total. The van der Waals surface area contributed by atoms with Crippen molar-refractivity contribution >= 4 is 0 Å². The number of benzene rings is 1. The van der Waals surface area contributed by atoms with Crippen LogP contribution in [0.25, 0.3) is 0 Å². The van der Waals surface area contributed by atoms with Gasteiger partial charge in [-0.05, 0) is 29.7 Å². The lowest BCUT2D eigenvalue weighted by atomic mass is 10.1. The van der Waals surface area contributed by atoms with E-state index in [1.54, 1.807) is 0 Å². The molecule has 1 aliphatic rings. The molecule has 3 heteroatoms. The predicted molar refractivity (Wildman–Crippen MR) is 61.5 cm³/mol. The molecular weight excluding hydrogens is 225 g/mol. The molecule has 0 radical (unpaired) electrons. The molecule has 0 aliphatic heterocycles. The first-order chi connectivity index (χ1) is 8.05. The zero-order chi connectivity index (χ0) is 12.3. The Bertz CT molecular complexity index is 459. The minimum atomic E-state index is -4.26. The largest absolute Gasteiger partial charge is 0.416 e. The molecule has 1 aromatic rings. The molecule has 0 nitrogen and oxygen atoms in total. The second-order valence-electron chi connectivity index (χ2n) is 3.82. The van der Waals surface area contributed by atoms with Gasteiger partial charge in [0.05, 0.1) is 5.56 Å². The van der Waals surface area contributed by atoms with E-state index in [2.05, 4.69) is 0 Å². The molecule has 2 rings (SSSR count). The van der Waals surface area contributed by atoms with Gasteiger partial charge in [0.2, 0.25) is 0 Å². The van der Waals surface area contributed by atoms with Gasteiger partial charge in [0.1, 0.15) is 0 Å². The van der Waals surface area contributed by atoms with Crippen molar-refractivity contribution in [3.8, 4) is 0 Å². The first-order valence-corrected chi connectivity index (χ1v) is 5.27. The summed E-state index contributed by atoms with van der Waals surface area (Å²) in [6.07, 6.45) is 6.16. The Hall–Kier alpha value is -1.77. The minimum Gasteiger partial charge on any atom is -0.166 e. The van der Waals surface area contributed by atoms with Crippen molar-refractivity contribution in [1.29, 1.82) is 0 Å². The minimum absolute atomic E-state index is 0.602. The molecular formula is C14H11F3. The second-order valence-corrected chi connectivity index (χ2v) is 3.82. The maximum atomic E-state index is 12.3. The number of hydrogen-bond acceptors (Lipinski definition) is 0. The highest BCUT2D eigenvalue weighted by molar-refractivity contribution is 5.40. The van der Waals surface area contributed by atoms with E-state index in [9.17, 15) is 13.2 Å². The number of allylic oxidation sites excluding steroid dienone is 6. The Kier molecular flexibility index (Phi) is 3.18. The van der Waals surface area contributed by atoms with Crippen LogP contribution >= 0.6 is 0 Å². The van der Waals surface area contributed by atoms with Crippen molar-refractivity contribution in [3.05, 3.63) is 71.3 Å². The van der Waals surface area contributed by atoms with Crippen LogP contribution in [0, 0.1) is 0 Å². The molecule has 0 fully saturated rings. The monoisotopic (exact) mass is 236 g/mol. The maximum absolute atomic E-state index is 12.3. The van der Waals surface area contributed by atoms with Crippen molar-refractivity contribution in [2.45, 2.75) is 12.6 Å². The Balaban J connectivity index is 2.06. The smallest absolute Gasteiger partial charge is 0.166 e. The van der Waals surface area contributed by atoms with E-state index >= 15 is 0 Å². The topological polar surface area (TPSA) is 0 Å². The van der Waals surface area contributed by atoms with Crippen molar-refractivity contribution < 1.29 is 13.2 Å². The number of alkyl halides is 3. The van der Waals surface area contributed by atoms with E-state index in [1.807, 2.05) is 30.4 Å². The maximum Gasteiger partial charge on any atom is 0.416 e. The lowest BCUT2D eigenvalue weighted by Gasteiger charge is -2.06. The quantitative estimate of drug-likeness (QED) is 0.718. The number of rotatable bonds is 2. The average molecular weight is 236 g/mol. The summed E-state index contributed by atoms with van der Waals surface area (Å²) >= 11 is 0. The van der Waals surface area contributed by atoms with Gasteiger partial charge in [0.25, 0.3) is 0 Å². The molecule has 0 amide bonds. The summed E-state index contributed by atoms with van der Waals surface area (Å²) in [7, 11) is 0. The van der Waals surface area contributed by atoms with Crippen LogP contribution in [0.15, 0.2) is 60.2 Å². The standard InChI is InChI=1S/C14H11F3/c15-14(16,17)13-9-7-12(8-10-13)6-5-11-3-1-2-4-11/h1-5,7-10H,6H2. The first kappa shape index (κ1) is 11.7. The molecule has 0 aromatic heterocycles. The van der Waals surface area contributed by atoms with Crippen LogP contribution < -0.4 is 0 Å². The number of halogens is 3. The number of hydrogen-bond donors (Lipinski definition) is 0. The van der Waals surface area contributed by atoms with Crippen LogP contribution in [-0.4, -0.2) is 0 Å². The zero-order valence-electron chi connectivity index (χ0n) is 9.04. The molecule has 0 saturated heterocycles. The normalized spacial score (nSPS) is 14.4. The lowest BCUT2D eigenvalue weighted by molar-refractivity contribution is -0.137. The molecule has 0 unspecified atom stereocenters. The van der Waals surface area contributed by atoms with Gasteiger partial charge in [0.15, 0.2) is 0 Å².